The third-order valence-corrected chi connectivity index (χ3v) is 1.33. The molecule has 0 bridgehead atoms. The summed E-state index contributed by atoms with van der Waals surface area (Å²) < 4.78 is 4.95. The number of hydrogen-bond acceptors (Lipinski definition) is 2. The second kappa shape index (κ2) is 4.75. The molecule has 0 spiro atoms. The van der Waals surface area contributed by atoms with Crippen molar-refractivity contribution in [3.8, 4) is 5.75 Å². The van der Waals surface area contributed by atoms with Gasteiger partial charge in [-0.25, -0.2) is 0 Å². The largest absolute Gasteiger partial charge is 0.497 e. The summed E-state index contributed by atoms with van der Waals surface area (Å²) >= 11 is 4.13. The summed E-state index contributed by atoms with van der Waals surface area (Å²) in [4.78, 5) is 0.925. The summed E-state index contributed by atoms with van der Waals surface area (Å²) in [5, 5.41) is 0. The Morgan fingerprint density at radius 1 is 1.40 bits per heavy atom. The molecule has 0 aliphatic heterocycles. The van der Waals surface area contributed by atoms with Crippen molar-refractivity contribution in [2.45, 2.75) is 4.90 Å². The Morgan fingerprint density at radius 2 is 2.10 bits per heavy atom. The van der Waals surface area contributed by atoms with E-state index in [9.17, 15) is 0 Å². The fourth-order valence-corrected chi connectivity index (χ4v) is 0.824. The molecule has 0 N–H and O–H groups in total. The first-order valence-electron chi connectivity index (χ1n) is 2.66. The Kier molecular flexibility index (Phi) is 4.75. The SMILES string of the molecule is COc1cccc(S)c1.[Zn]. The Bertz CT molecular complexity index is 203. The maximum atomic E-state index is 4.95. The molecule has 0 unspecified atom stereocenters. The first-order valence-corrected chi connectivity index (χ1v) is 3.10. The first kappa shape index (κ1) is 9.99. The molecule has 0 radical (unpaired) electrons. The second-order valence-electron chi connectivity index (χ2n) is 1.70. The van der Waals surface area contributed by atoms with Crippen LogP contribution in [0.1, 0.15) is 0 Å². The van der Waals surface area contributed by atoms with Crippen molar-refractivity contribution in [3.05, 3.63) is 24.3 Å². The Labute approximate surface area is 78.9 Å². The Hall–Kier alpha value is -0.00662. The maximum absolute atomic E-state index is 4.95. The molecule has 0 aliphatic rings. The zero-order valence-corrected chi connectivity index (χ0v) is 9.73. The molecule has 0 atom stereocenters. The van der Waals surface area contributed by atoms with Gasteiger partial charge in [0.2, 0.25) is 0 Å². The third kappa shape index (κ3) is 2.72. The van der Waals surface area contributed by atoms with E-state index in [2.05, 4.69) is 12.6 Å². The number of benzene rings is 1. The van der Waals surface area contributed by atoms with Gasteiger partial charge in [0.05, 0.1) is 7.11 Å². The zero-order chi connectivity index (χ0) is 6.69. The molecular formula is C7H8OSZn. The van der Waals surface area contributed by atoms with Gasteiger partial charge in [0.1, 0.15) is 5.75 Å². The van der Waals surface area contributed by atoms with Gasteiger partial charge in [-0.2, -0.15) is 0 Å². The van der Waals surface area contributed by atoms with Gasteiger partial charge in [-0.3, -0.25) is 0 Å². The van der Waals surface area contributed by atoms with Gasteiger partial charge in [0, 0.05) is 24.4 Å². The predicted molar refractivity (Wildman–Crippen MR) is 40.2 cm³/mol. The summed E-state index contributed by atoms with van der Waals surface area (Å²) in [6.07, 6.45) is 0. The van der Waals surface area contributed by atoms with E-state index in [1.54, 1.807) is 7.11 Å². The van der Waals surface area contributed by atoms with Crippen LogP contribution in [0.25, 0.3) is 0 Å². The van der Waals surface area contributed by atoms with E-state index < -0.39 is 0 Å². The van der Waals surface area contributed by atoms with Gasteiger partial charge in [-0.05, 0) is 18.2 Å². The van der Waals surface area contributed by atoms with Crippen LogP contribution in [0, 0.1) is 0 Å². The average Bonchev–Trinajstić information content (AvgIpc) is 1.88. The van der Waals surface area contributed by atoms with Crippen molar-refractivity contribution in [3.63, 3.8) is 0 Å². The minimum absolute atomic E-state index is 0. The van der Waals surface area contributed by atoms with Crippen LogP contribution in [0.2, 0.25) is 0 Å². The van der Waals surface area contributed by atoms with E-state index in [1.807, 2.05) is 24.3 Å². The topological polar surface area (TPSA) is 9.23 Å². The monoisotopic (exact) mass is 204 g/mol. The number of rotatable bonds is 1. The molecule has 0 fully saturated rings. The van der Waals surface area contributed by atoms with Crippen LogP contribution >= 0.6 is 12.6 Å². The minimum Gasteiger partial charge on any atom is -0.497 e. The third-order valence-electron chi connectivity index (χ3n) is 1.05. The summed E-state index contributed by atoms with van der Waals surface area (Å²) in [5.74, 6) is 0.850. The number of ether oxygens (including phenoxy) is 1. The van der Waals surface area contributed by atoms with Gasteiger partial charge >= 0.3 is 0 Å². The van der Waals surface area contributed by atoms with Gasteiger partial charge in [-0.15, -0.1) is 12.6 Å². The van der Waals surface area contributed by atoms with Gasteiger partial charge in [-0.1, -0.05) is 6.07 Å². The number of hydrogen-bond donors (Lipinski definition) is 1. The average molecular weight is 206 g/mol. The second-order valence-corrected chi connectivity index (χ2v) is 2.22. The molecule has 10 heavy (non-hydrogen) atoms. The molecule has 1 aromatic carbocycles. The van der Waals surface area contributed by atoms with E-state index in [4.69, 9.17) is 4.74 Å². The standard InChI is InChI=1S/C7H8OS.Zn/c1-8-6-3-2-4-7(9)5-6;/h2-5,9H,1H3;. The predicted octanol–water partition coefficient (Wildman–Crippen LogP) is 1.98. The first-order chi connectivity index (χ1) is 4.33. The summed E-state index contributed by atoms with van der Waals surface area (Å²) in [6.45, 7) is 0. The number of methoxy groups -OCH3 is 1. The number of thiol groups is 1. The van der Waals surface area contributed by atoms with Crippen molar-refractivity contribution in [1.82, 2.24) is 0 Å². The van der Waals surface area contributed by atoms with Crippen LogP contribution in [0.15, 0.2) is 29.2 Å². The van der Waals surface area contributed by atoms with Crippen molar-refractivity contribution in [1.29, 1.82) is 0 Å². The van der Waals surface area contributed by atoms with Crippen molar-refractivity contribution in [2.75, 3.05) is 7.11 Å². The molecule has 1 aromatic rings. The van der Waals surface area contributed by atoms with Crippen LogP contribution in [-0.2, 0) is 19.5 Å². The van der Waals surface area contributed by atoms with E-state index in [0.717, 1.165) is 10.6 Å². The van der Waals surface area contributed by atoms with Gasteiger partial charge in [0.15, 0.2) is 0 Å². The van der Waals surface area contributed by atoms with E-state index >= 15 is 0 Å². The molecule has 1 nitrogen and oxygen atoms in total. The molecule has 0 aromatic heterocycles. The summed E-state index contributed by atoms with van der Waals surface area (Å²) in [7, 11) is 1.64. The molecule has 0 saturated carbocycles. The smallest absolute Gasteiger partial charge is 0.119 e. The van der Waals surface area contributed by atoms with Gasteiger partial charge < -0.3 is 4.74 Å². The molecular weight excluding hydrogens is 198 g/mol. The molecule has 0 amide bonds. The summed E-state index contributed by atoms with van der Waals surface area (Å²) in [6, 6.07) is 7.57. The fraction of sp³-hybridized carbons (Fsp3) is 0.143. The Balaban J connectivity index is 0.000000810. The van der Waals surface area contributed by atoms with Crippen LogP contribution in [-0.4, -0.2) is 7.11 Å². The molecule has 50 valence electrons. The summed E-state index contributed by atoms with van der Waals surface area (Å²) in [5.41, 5.74) is 0. The zero-order valence-electron chi connectivity index (χ0n) is 5.87. The van der Waals surface area contributed by atoms with Crippen LogP contribution < -0.4 is 4.74 Å². The molecule has 0 heterocycles. The maximum Gasteiger partial charge on any atom is 0.119 e. The van der Waals surface area contributed by atoms with E-state index in [1.165, 1.54) is 0 Å². The normalized spacial score (nSPS) is 8.20. The van der Waals surface area contributed by atoms with Crippen LogP contribution in [0.5, 0.6) is 5.75 Å². The van der Waals surface area contributed by atoms with Crippen molar-refractivity contribution >= 4 is 12.6 Å². The molecule has 0 aliphatic carbocycles. The molecule has 0 saturated heterocycles. The molecule has 3 heteroatoms. The quantitative estimate of drug-likeness (QED) is 0.545. The molecule has 1 rings (SSSR count). The Morgan fingerprint density at radius 3 is 2.50 bits per heavy atom. The van der Waals surface area contributed by atoms with E-state index in [-0.39, 0.29) is 19.5 Å². The minimum atomic E-state index is 0. The fourth-order valence-electron chi connectivity index (χ4n) is 0.610. The van der Waals surface area contributed by atoms with Crippen molar-refractivity contribution < 1.29 is 24.2 Å². The van der Waals surface area contributed by atoms with Gasteiger partial charge in [0.25, 0.3) is 0 Å². The van der Waals surface area contributed by atoms with Crippen LogP contribution in [0.3, 0.4) is 0 Å². The van der Waals surface area contributed by atoms with Crippen molar-refractivity contribution in [2.24, 2.45) is 0 Å². The van der Waals surface area contributed by atoms with E-state index in [0.29, 0.717) is 0 Å². The van der Waals surface area contributed by atoms with Crippen LogP contribution in [0.4, 0.5) is 0 Å².